The largest absolute Gasteiger partial charge is 0.338 e. The summed E-state index contributed by atoms with van der Waals surface area (Å²) in [5.41, 5.74) is 4.06. The van der Waals surface area contributed by atoms with Crippen molar-refractivity contribution >= 4 is 27.6 Å². The van der Waals surface area contributed by atoms with E-state index in [1.807, 2.05) is 30.5 Å². The third-order valence-electron chi connectivity index (χ3n) is 5.01. The molecular formula is C20H17N5O2S. The number of fused-ring (bicyclic) bond motifs is 2. The first-order valence-electron chi connectivity index (χ1n) is 9.12. The van der Waals surface area contributed by atoms with E-state index in [4.69, 9.17) is 0 Å². The van der Waals surface area contributed by atoms with E-state index in [0.717, 1.165) is 45.1 Å². The predicted molar refractivity (Wildman–Crippen MR) is 107 cm³/mol. The van der Waals surface area contributed by atoms with Gasteiger partial charge in [-0.25, -0.2) is 9.48 Å². The van der Waals surface area contributed by atoms with Gasteiger partial charge in [0.05, 0.1) is 28.5 Å². The highest BCUT2D eigenvalue weighted by molar-refractivity contribution is 7.14. The van der Waals surface area contributed by atoms with E-state index >= 15 is 0 Å². The van der Waals surface area contributed by atoms with Gasteiger partial charge in [0.15, 0.2) is 0 Å². The number of carbonyl (C=O) groups excluding carboxylic acids is 1. The molecule has 0 spiro atoms. The maximum Gasteiger partial charge on any atom is 0.338 e. The van der Waals surface area contributed by atoms with Gasteiger partial charge in [-0.15, -0.1) is 5.10 Å². The van der Waals surface area contributed by atoms with Crippen LogP contribution >= 0.6 is 11.5 Å². The van der Waals surface area contributed by atoms with E-state index < -0.39 is 6.03 Å². The fourth-order valence-corrected chi connectivity index (χ4v) is 4.57. The number of carbonyl (C=O) groups is 1. The summed E-state index contributed by atoms with van der Waals surface area (Å²) in [5, 5.41) is 11.7. The SMILES string of the molecule is O=C(NCc1cn(-c2cccc3c2CCC3)nn1)n1sc2ccccc2c1=O. The third-order valence-corrected chi connectivity index (χ3v) is 6.07. The Balaban J connectivity index is 1.34. The minimum absolute atomic E-state index is 0.203. The molecule has 7 nitrogen and oxygen atoms in total. The van der Waals surface area contributed by atoms with Crippen molar-refractivity contribution in [3.63, 3.8) is 0 Å². The molecule has 2 aromatic heterocycles. The van der Waals surface area contributed by atoms with Crippen molar-refractivity contribution in [3.05, 3.63) is 75.8 Å². The summed E-state index contributed by atoms with van der Waals surface area (Å²) in [7, 11) is 0. The summed E-state index contributed by atoms with van der Waals surface area (Å²) in [6.45, 7) is 0.203. The molecule has 2 aromatic carbocycles. The van der Waals surface area contributed by atoms with Crippen molar-refractivity contribution in [3.8, 4) is 5.69 Å². The van der Waals surface area contributed by atoms with E-state index in [-0.39, 0.29) is 12.1 Å². The van der Waals surface area contributed by atoms with Gasteiger partial charge in [-0.3, -0.25) is 4.79 Å². The van der Waals surface area contributed by atoms with Crippen LogP contribution in [-0.4, -0.2) is 25.0 Å². The minimum atomic E-state index is -0.457. The van der Waals surface area contributed by atoms with E-state index in [2.05, 4.69) is 21.7 Å². The number of amides is 1. The number of nitrogens with one attached hydrogen (secondary N) is 1. The molecule has 0 unspecified atom stereocenters. The van der Waals surface area contributed by atoms with Crippen molar-refractivity contribution in [2.24, 2.45) is 0 Å². The van der Waals surface area contributed by atoms with Crippen molar-refractivity contribution in [1.82, 2.24) is 24.3 Å². The van der Waals surface area contributed by atoms with Crippen LogP contribution in [0.3, 0.4) is 0 Å². The monoisotopic (exact) mass is 391 g/mol. The minimum Gasteiger partial charge on any atom is -0.331 e. The second kappa shape index (κ2) is 6.72. The van der Waals surface area contributed by atoms with Gasteiger partial charge in [0, 0.05) is 0 Å². The second-order valence-electron chi connectivity index (χ2n) is 6.77. The Kier molecular flexibility index (Phi) is 4.05. The molecule has 140 valence electrons. The summed E-state index contributed by atoms with van der Waals surface area (Å²) >= 11 is 1.13. The Hall–Kier alpha value is -3.26. The number of nitrogens with zero attached hydrogens (tertiary/aromatic N) is 4. The van der Waals surface area contributed by atoms with Gasteiger partial charge < -0.3 is 5.32 Å². The Morgan fingerprint density at radius 3 is 2.93 bits per heavy atom. The van der Waals surface area contributed by atoms with Crippen LogP contribution in [-0.2, 0) is 19.4 Å². The normalized spacial score (nSPS) is 13.0. The fraction of sp³-hybridized carbons (Fsp3) is 0.200. The summed E-state index contributed by atoms with van der Waals surface area (Å²) in [4.78, 5) is 24.8. The van der Waals surface area contributed by atoms with Crippen LogP contribution in [0.4, 0.5) is 4.79 Å². The molecule has 8 heteroatoms. The lowest BCUT2D eigenvalue weighted by Gasteiger charge is -2.07. The molecule has 5 rings (SSSR count). The molecule has 0 fully saturated rings. The van der Waals surface area contributed by atoms with Crippen molar-refractivity contribution in [1.29, 1.82) is 0 Å². The van der Waals surface area contributed by atoms with Gasteiger partial charge in [0.1, 0.15) is 5.69 Å². The lowest BCUT2D eigenvalue weighted by molar-refractivity contribution is 0.243. The van der Waals surface area contributed by atoms with Gasteiger partial charge in [0.2, 0.25) is 0 Å². The first-order valence-corrected chi connectivity index (χ1v) is 9.90. The summed E-state index contributed by atoms with van der Waals surface area (Å²) in [6.07, 6.45) is 5.13. The summed E-state index contributed by atoms with van der Waals surface area (Å²) < 4.78 is 3.68. The molecule has 0 aliphatic heterocycles. The molecule has 0 radical (unpaired) electrons. The second-order valence-corrected chi connectivity index (χ2v) is 7.76. The Bertz CT molecular complexity index is 1250. The van der Waals surface area contributed by atoms with E-state index in [9.17, 15) is 9.59 Å². The number of rotatable bonds is 3. The zero-order valence-electron chi connectivity index (χ0n) is 15.0. The first-order chi connectivity index (χ1) is 13.7. The third kappa shape index (κ3) is 2.82. The molecule has 0 bridgehead atoms. The van der Waals surface area contributed by atoms with Crippen LogP contribution in [0.15, 0.2) is 53.5 Å². The molecule has 1 aliphatic rings. The molecule has 1 aliphatic carbocycles. The Morgan fingerprint density at radius 1 is 1.14 bits per heavy atom. The van der Waals surface area contributed by atoms with Crippen molar-refractivity contribution in [2.45, 2.75) is 25.8 Å². The van der Waals surface area contributed by atoms with E-state index in [1.165, 1.54) is 11.1 Å². The highest BCUT2D eigenvalue weighted by Crippen LogP contribution is 2.27. The van der Waals surface area contributed by atoms with Gasteiger partial charge in [-0.1, -0.05) is 29.5 Å². The Labute approximate surface area is 164 Å². The van der Waals surface area contributed by atoms with Gasteiger partial charge >= 0.3 is 6.03 Å². The standard InChI is InChI=1S/C20H17N5O2S/c26-19-16-7-1-2-10-18(16)28-25(19)20(27)21-11-14-12-24(23-22-14)17-9-4-6-13-5-3-8-15(13)17/h1-2,4,6-7,9-10,12H,3,5,8,11H2,(H,21,27). The first kappa shape index (κ1) is 16.9. The molecule has 1 N–H and O–H groups in total. The molecule has 0 saturated heterocycles. The molecule has 28 heavy (non-hydrogen) atoms. The lowest BCUT2D eigenvalue weighted by atomic mass is 10.1. The zero-order valence-corrected chi connectivity index (χ0v) is 15.8. The molecule has 4 aromatic rings. The fourth-order valence-electron chi connectivity index (χ4n) is 3.66. The maximum atomic E-state index is 12.4. The average molecular weight is 391 g/mol. The quantitative estimate of drug-likeness (QED) is 0.582. The highest BCUT2D eigenvalue weighted by atomic mass is 32.1. The number of aromatic nitrogens is 4. The number of benzene rings is 2. The van der Waals surface area contributed by atoms with Gasteiger partial charge in [0.25, 0.3) is 5.56 Å². The molecule has 0 saturated carbocycles. The van der Waals surface area contributed by atoms with Crippen LogP contribution < -0.4 is 10.9 Å². The highest BCUT2D eigenvalue weighted by Gasteiger charge is 2.17. The Morgan fingerprint density at radius 2 is 2.04 bits per heavy atom. The van der Waals surface area contributed by atoms with Crippen LogP contribution in [0.25, 0.3) is 15.8 Å². The van der Waals surface area contributed by atoms with Gasteiger partial charge in [-0.05, 0) is 60.1 Å². The lowest BCUT2D eigenvalue weighted by Crippen LogP contribution is -2.32. The number of hydrogen-bond acceptors (Lipinski definition) is 5. The van der Waals surface area contributed by atoms with E-state index in [1.54, 1.807) is 16.8 Å². The predicted octanol–water partition coefficient (Wildman–Crippen LogP) is 2.89. The molecule has 0 atom stereocenters. The van der Waals surface area contributed by atoms with Crippen molar-refractivity contribution in [2.75, 3.05) is 0 Å². The van der Waals surface area contributed by atoms with Crippen molar-refractivity contribution < 1.29 is 4.79 Å². The van der Waals surface area contributed by atoms with E-state index in [0.29, 0.717) is 11.1 Å². The summed E-state index contributed by atoms with van der Waals surface area (Å²) in [6, 6.07) is 13.0. The molecule has 2 heterocycles. The molecule has 1 amide bonds. The van der Waals surface area contributed by atoms with Crippen LogP contribution in [0, 0.1) is 0 Å². The maximum absolute atomic E-state index is 12.4. The zero-order chi connectivity index (χ0) is 19.1. The average Bonchev–Trinajstić information content (AvgIpc) is 3.45. The van der Waals surface area contributed by atoms with Crippen LogP contribution in [0.1, 0.15) is 23.2 Å². The van der Waals surface area contributed by atoms with Crippen LogP contribution in [0.2, 0.25) is 0 Å². The number of aryl methyl sites for hydroxylation is 1. The topological polar surface area (TPSA) is 81.8 Å². The van der Waals surface area contributed by atoms with Crippen LogP contribution in [0.5, 0.6) is 0 Å². The summed E-state index contributed by atoms with van der Waals surface area (Å²) in [5.74, 6) is 0. The molecular weight excluding hydrogens is 374 g/mol. The van der Waals surface area contributed by atoms with Gasteiger partial charge in [-0.2, -0.15) is 3.96 Å². The smallest absolute Gasteiger partial charge is 0.331 e. The number of hydrogen-bond donors (Lipinski definition) is 1.